The molecule has 2 aliphatic rings. The summed E-state index contributed by atoms with van der Waals surface area (Å²) in [7, 11) is 0. The van der Waals surface area contributed by atoms with Crippen LogP contribution < -0.4 is 4.90 Å². The van der Waals surface area contributed by atoms with Gasteiger partial charge in [0.05, 0.1) is 0 Å². The quantitative estimate of drug-likeness (QED) is 0.864. The fourth-order valence-electron chi connectivity index (χ4n) is 3.80. The van der Waals surface area contributed by atoms with Gasteiger partial charge in [-0.2, -0.15) is 0 Å². The molecule has 142 valence electrons. The normalized spacial score (nSPS) is 21.7. The Morgan fingerprint density at radius 3 is 2.38 bits per heavy atom. The second-order valence-electron chi connectivity index (χ2n) is 6.98. The summed E-state index contributed by atoms with van der Waals surface area (Å²) in [5, 5.41) is 9.31. The molecule has 26 heavy (non-hydrogen) atoms. The van der Waals surface area contributed by atoms with Crippen LogP contribution in [0.4, 0.5) is 10.1 Å². The molecule has 0 radical (unpaired) electrons. The SMILES string of the molecule is O=C(O)C1CCCCN1CCC(=O)N1CCN(c2ccc(F)cc2)CC1. The molecule has 2 fully saturated rings. The van der Waals surface area contributed by atoms with Gasteiger partial charge in [-0.1, -0.05) is 6.42 Å². The van der Waals surface area contributed by atoms with Crippen molar-refractivity contribution < 1.29 is 19.1 Å². The molecule has 0 bridgehead atoms. The van der Waals surface area contributed by atoms with Crippen molar-refractivity contribution in [2.24, 2.45) is 0 Å². The Hall–Kier alpha value is -2.15. The zero-order valence-corrected chi connectivity index (χ0v) is 14.9. The highest BCUT2D eigenvalue weighted by molar-refractivity contribution is 5.77. The van der Waals surface area contributed by atoms with Crippen LogP contribution in [0.5, 0.6) is 0 Å². The summed E-state index contributed by atoms with van der Waals surface area (Å²) >= 11 is 0. The topological polar surface area (TPSA) is 64.1 Å². The molecular weight excluding hydrogens is 337 g/mol. The summed E-state index contributed by atoms with van der Waals surface area (Å²) in [6.07, 6.45) is 2.96. The van der Waals surface area contributed by atoms with Gasteiger partial charge in [-0.3, -0.25) is 14.5 Å². The Kier molecular flexibility index (Phi) is 6.08. The van der Waals surface area contributed by atoms with Crippen LogP contribution in [0.3, 0.4) is 0 Å². The maximum atomic E-state index is 13.0. The van der Waals surface area contributed by atoms with Gasteiger partial charge < -0.3 is 14.9 Å². The summed E-state index contributed by atoms with van der Waals surface area (Å²) in [6.45, 7) is 3.98. The van der Waals surface area contributed by atoms with Gasteiger partial charge in [0.1, 0.15) is 11.9 Å². The first-order chi connectivity index (χ1) is 12.5. The number of carbonyl (C=O) groups excluding carboxylic acids is 1. The zero-order chi connectivity index (χ0) is 18.5. The van der Waals surface area contributed by atoms with Crippen LogP contribution >= 0.6 is 0 Å². The molecular formula is C19H26FN3O3. The monoisotopic (exact) mass is 363 g/mol. The number of hydrogen-bond donors (Lipinski definition) is 1. The van der Waals surface area contributed by atoms with Crippen molar-refractivity contribution in [1.82, 2.24) is 9.80 Å². The number of hydrogen-bond acceptors (Lipinski definition) is 4. The Morgan fingerprint density at radius 2 is 1.73 bits per heavy atom. The van der Waals surface area contributed by atoms with Gasteiger partial charge in [-0.15, -0.1) is 0 Å². The molecule has 2 heterocycles. The summed E-state index contributed by atoms with van der Waals surface area (Å²) in [4.78, 5) is 29.7. The number of aliphatic carboxylic acids is 1. The van der Waals surface area contributed by atoms with Crippen LogP contribution in [-0.4, -0.2) is 72.1 Å². The fraction of sp³-hybridized carbons (Fsp3) is 0.579. The number of rotatable bonds is 5. The molecule has 2 saturated heterocycles. The number of nitrogens with zero attached hydrogens (tertiary/aromatic N) is 3. The van der Waals surface area contributed by atoms with Gasteiger partial charge in [0.2, 0.25) is 5.91 Å². The molecule has 2 aliphatic heterocycles. The van der Waals surface area contributed by atoms with E-state index in [0.717, 1.165) is 38.2 Å². The van der Waals surface area contributed by atoms with Crippen molar-refractivity contribution in [3.63, 3.8) is 0 Å². The third-order valence-electron chi connectivity index (χ3n) is 5.34. The van der Waals surface area contributed by atoms with Crippen LogP contribution in [-0.2, 0) is 9.59 Å². The molecule has 1 unspecified atom stereocenters. The number of halogens is 1. The Morgan fingerprint density at radius 1 is 1.04 bits per heavy atom. The molecule has 1 aromatic carbocycles. The van der Waals surface area contributed by atoms with E-state index in [2.05, 4.69) is 4.90 Å². The van der Waals surface area contributed by atoms with E-state index in [9.17, 15) is 19.1 Å². The first-order valence-corrected chi connectivity index (χ1v) is 9.30. The molecule has 3 rings (SSSR count). The lowest BCUT2D eigenvalue weighted by Gasteiger charge is -2.37. The third-order valence-corrected chi connectivity index (χ3v) is 5.34. The van der Waals surface area contributed by atoms with Crippen LogP contribution in [0.15, 0.2) is 24.3 Å². The van der Waals surface area contributed by atoms with Gasteiger partial charge in [0.15, 0.2) is 0 Å². The van der Waals surface area contributed by atoms with E-state index < -0.39 is 12.0 Å². The minimum Gasteiger partial charge on any atom is -0.480 e. The van der Waals surface area contributed by atoms with Crippen LogP contribution in [0.25, 0.3) is 0 Å². The highest BCUT2D eigenvalue weighted by atomic mass is 19.1. The lowest BCUT2D eigenvalue weighted by atomic mass is 10.0. The number of likely N-dealkylation sites (tertiary alicyclic amines) is 1. The minimum atomic E-state index is -0.787. The molecule has 0 saturated carbocycles. The van der Waals surface area contributed by atoms with Crippen molar-refractivity contribution in [3.05, 3.63) is 30.1 Å². The summed E-state index contributed by atoms with van der Waals surface area (Å²) < 4.78 is 13.0. The van der Waals surface area contributed by atoms with Gasteiger partial charge in [0, 0.05) is 44.8 Å². The Balaban J connectivity index is 1.46. The number of piperazine rings is 1. The number of amides is 1. The van der Waals surface area contributed by atoms with E-state index in [4.69, 9.17) is 0 Å². The third kappa shape index (κ3) is 4.52. The number of anilines is 1. The number of benzene rings is 1. The van der Waals surface area contributed by atoms with Crippen molar-refractivity contribution in [3.8, 4) is 0 Å². The van der Waals surface area contributed by atoms with E-state index in [1.807, 2.05) is 9.80 Å². The fourth-order valence-corrected chi connectivity index (χ4v) is 3.80. The molecule has 1 amide bonds. The van der Waals surface area contributed by atoms with Crippen molar-refractivity contribution >= 4 is 17.6 Å². The van der Waals surface area contributed by atoms with E-state index in [0.29, 0.717) is 32.5 Å². The van der Waals surface area contributed by atoms with E-state index >= 15 is 0 Å². The number of carboxylic acids is 1. The zero-order valence-electron chi connectivity index (χ0n) is 14.9. The summed E-state index contributed by atoms with van der Waals surface area (Å²) in [5.74, 6) is -0.955. The van der Waals surface area contributed by atoms with E-state index in [1.54, 1.807) is 12.1 Å². The van der Waals surface area contributed by atoms with Crippen LogP contribution in [0.2, 0.25) is 0 Å². The summed E-state index contributed by atoms with van der Waals surface area (Å²) in [5.41, 5.74) is 0.969. The van der Waals surface area contributed by atoms with Gasteiger partial charge >= 0.3 is 5.97 Å². The smallest absolute Gasteiger partial charge is 0.320 e. The molecule has 0 spiro atoms. The van der Waals surface area contributed by atoms with Gasteiger partial charge in [0.25, 0.3) is 0 Å². The molecule has 0 aromatic heterocycles. The highest BCUT2D eigenvalue weighted by Crippen LogP contribution is 2.19. The second kappa shape index (κ2) is 8.49. The Labute approximate surface area is 153 Å². The number of carboxylic acid groups (broad SMARTS) is 1. The number of piperidine rings is 1. The predicted octanol–water partition coefficient (Wildman–Crippen LogP) is 1.80. The first-order valence-electron chi connectivity index (χ1n) is 9.30. The Bertz CT molecular complexity index is 629. The standard InChI is InChI=1S/C19H26FN3O3/c20-15-4-6-16(7-5-15)21-11-13-23(14-12-21)18(24)8-10-22-9-2-1-3-17(22)19(25)26/h4-7,17H,1-3,8-14H2,(H,25,26). The molecule has 1 N–H and O–H groups in total. The van der Waals surface area contributed by atoms with Crippen LogP contribution in [0, 0.1) is 5.82 Å². The highest BCUT2D eigenvalue weighted by Gasteiger charge is 2.29. The largest absolute Gasteiger partial charge is 0.480 e. The molecule has 1 aromatic rings. The molecule has 1 atom stereocenters. The second-order valence-corrected chi connectivity index (χ2v) is 6.98. The van der Waals surface area contributed by atoms with Crippen LogP contribution in [0.1, 0.15) is 25.7 Å². The van der Waals surface area contributed by atoms with Crippen molar-refractivity contribution in [2.45, 2.75) is 31.7 Å². The summed E-state index contributed by atoms with van der Waals surface area (Å²) in [6, 6.07) is 5.96. The maximum Gasteiger partial charge on any atom is 0.320 e. The molecule has 6 nitrogen and oxygen atoms in total. The maximum absolute atomic E-state index is 13.0. The predicted molar refractivity (Wildman–Crippen MR) is 96.7 cm³/mol. The first kappa shape index (κ1) is 18.6. The molecule has 7 heteroatoms. The van der Waals surface area contributed by atoms with E-state index in [-0.39, 0.29) is 11.7 Å². The van der Waals surface area contributed by atoms with E-state index in [1.165, 1.54) is 12.1 Å². The van der Waals surface area contributed by atoms with Gasteiger partial charge in [-0.25, -0.2) is 4.39 Å². The van der Waals surface area contributed by atoms with Crippen molar-refractivity contribution in [2.75, 3.05) is 44.2 Å². The van der Waals surface area contributed by atoms with Crippen molar-refractivity contribution in [1.29, 1.82) is 0 Å². The van der Waals surface area contributed by atoms with Gasteiger partial charge in [-0.05, 0) is 43.7 Å². The molecule has 0 aliphatic carbocycles. The minimum absolute atomic E-state index is 0.0819. The lowest BCUT2D eigenvalue weighted by Crippen LogP contribution is -2.50. The average Bonchev–Trinajstić information content (AvgIpc) is 2.67. The average molecular weight is 363 g/mol. The number of carbonyl (C=O) groups is 2. The lowest BCUT2D eigenvalue weighted by molar-refractivity contribution is -0.145.